The van der Waals surface area contributed by atoms with Crippen LogP contribution >= 0.6 is 11.3 Å². The van der Waals surface area contributed by atoms with Gasteiger partial charge in [-0.25, -0.2) is 0 Å². The Bertz CT molecular complexity index is 426. The van der Waals surface area contributed by atoms with E-state index in [4.69, 9.17) is 5.73 Å². The van der Waals surface area contributed by atoms with E-state index in [-0.39, 0.29) is 12.3 Å². The average molecular weight is 241 g/mol. The SMILES string of the molecule is CNC(=O)c1c(NC)sc(C)c1CC(N)=O. The summed E-state index contributed by atoms with van der Waals surface area (Å²) in [5.74, 6) is -0.640. The standard InChI is InChI=1S/C10H15N3O2S/c1-5-6(4-7(11)14)8(9(15)12-2)10(13-3)16-5/h13H,4H2,1-3H3,(H2,11,14)(H,12,15). The van der Waals surface area contributed by atoms with E-state index in [0.717, 1.165) is 9.88 Å². The summed E-state index contributed by atoms with van der Waals surface area (Å²) in [5, 5.41) is 6.27. The summed E-state index contributed by atoms with van der Waals surface area (Å²) in [6.45, 7) is 1.87. The molecular formula is C10H15N3O2S. The number of hydrogen-bond donors (Lipinski definition) is 3. The van der Waals surface area contributed by atoms with E-state index >= 15 is 0 Å². The van der Waals surface area contributed by atoms with Gasteiger partial charge in [-0.3, -0.25) is 9.59 Å². The molecule has 0 fully saturated rings. The third-order valence-electron chi connectivity index (χ3n) is 2.24. The van der Waals surface area contributed by atoms with Crippen molar-refractivity contribution in [3.63, 3.8) is 0 Å². The molecule has 4 N–H and O–H groups in total. The van der Waals surface area contributed by atoms with Crippen LogP contribution in [0.3, 0.4) is 0 Å². The maximum absolute atomic E-state index is 11.7. The van der Waals surface area contributed by atoms with Gasteiger partial charge >= 0.3 is 0 Å². The topological polar surface area (TPSA) is 84.2 Å². The van der Waals surface area contributed by atoms with Gasteiger partial charge in [-0.05, 0) is 12.5 Å². The lowest BCUT2D eigenvalue weighted by atomic mass is 10.1. The molecule has 0 saturated carbocycles. The Kier molecular flexibility index (Phi) is 3.89. The Hall–Kier alpha value is -1.56. The minimum atomic E-state index is -0.436. The van der Waals surface area contributed by atoms with E-state index in [1.807, 2.05) is 6.92 Å². The average Bonchev–Trinajstić information content (AvgIpc) is 2.54. The molecule has 0 aromatic carbocycles. The zero-order valence-electron chi connectivity index (χ0n) is 9.51. The number of carbonyl (C=O) groups is 2. The molecular weight excluding hydrogens is 226 g/mol. The molecule has 0 aliphatic carbocycles. The first-order valence-electron chi connectivity index (χ1n) is 4.81. The van der Waals surface area contributed by atoms with Gasteiger partial charge in [0.1, 0.15) is 5.00 Å². The van der Waals surface area contributed by atoms with Gasteiger partial charge in [0.05, 0.1) is 12.0 Å². The van der Waals surface area contributed by atoms with Crippen LogP contribution in [0.1, 0.15) is 20.8 Å². The molecule has 1 rings (SSSR count). The Balaban J connectivity index is 3.28. The molecule has 0 unspecified atom stereocenters. The van der Waals surface area contributed by atoms with Crippen molar-refractivity contribution in [2.75, 3.05) is 19.4 Å². The molecule has 0 aliphatic rings. The van der Waals surface area contributed by atoms with Crippen molar-refractivity contribution < 1.29 is 9.59 Å². The summed E-state index contributed by atoms with van der Waals surface area (Å²) >= 11 is 1.45. The van der Waals surface area contributed by atoms with E-state index < -0.39 is 5.91 Å². The second-order valence-electron chi connectivity index (χ2n) is 3.31. The number of nitrogens with one attached hydrogen (secondary N) is 2. The van der Waals surface area contributed by atoms with Crippen LogP contribution in [0.4, 0.5) is 5.00 Å². The predicted octanol–water partition coefficient (Wildman–Crippen LogP) is 0.486. The number of nitrogens with two attached hydrogens (primary N) is 1. The fourth-order valence-corrected chi connectivity index (χ4v) is 2.53. The normalized spacial score (nSPS) is 9.94. The van der Waals surface area contributed by atoms with Gasteiger partial charge in [0.15, 0.2) is 0 Å². The second-order valence-corrected chi connectivity index (χ2v) is 4.54. The number of anilines is 1. The Morgan fingerprint density at radius 3 is 2.44 bits per heavy atom. The number of amides is 2. The minimum absolute atomic E-state index is 0.0900. The number of thiophene rings is 1. The lowest BCUT2D eigenvalue weighted by Crippen LogP contribution is -2.22. The van der Waals surface area contributed by atoms with Crippen LogP contribution in [0.25, 0.3) is 0 Å². The summed E-state index contributed by atoms with van der Waals surface area (Å²) < 4.78 is 0. The molecule has 0 bridgehead atoms. The highest BCUT2D eigenvalue weighted by atomic mass is 32.1. The quantitative estimate of drug-likeness (QED) is 0.717. The minimum Gasteiger partial charge on any atom is -0.379 e. The predicted molar refractivity (Wildman–Crippen MR) is 64.9 cm³/mol. The summed E-state index contributed by atoms with van der Waals surface area (Å²) in [6.07, 6.45) is 0.0900. The van der Waals surface area contributed by atoms with E-state index in [2.05, 4.69) is 10.6 Å². The van der Waals surface area contributed by atoms with Crippen molar-refractivity contribution in [1.29, 1.82) is 0 Å². The van der Waals surface area contributed by atoms with Crippen molar-refractivity contribution >= 4 is 28.2 Å². The third kappa shape index (κ3) is 2.33. The van der Waals surface area contributed by atoms with Crippen LogP contribution in [0.15, 0.2) is 0 Å². The van der Waals surface area contributed by atoms with Crippen molar-refractivity contribution in [3.8, 4) is 0 Å². The highest BCUT2D eigenvalue weighted by Gasteiger charge is 2.21. The fraction of sp³-hybridized carbons (Fsp3) is 0.400. The Morgan fingerprint density at radius 1 is 1.38 bits per heavy atom. The maximum atomic E-state index is 11.7. The van der Waals surface area contributed by atoms with Crippen molar-refractivity contribution in [3.05, 3.63) is 16.0 Å². The summed E-state index contributed by atoms with van der Waals surface area (Å²) in [7, 11) is 3.30. The van der Waals surface area contributed by atoms with Gasteiger partial charge in [-0.1, -0.05) is 0 Å². The zero-order chi connectivity index (χ0) is 12.3. The van der Waals surface area contributed by atoms with E-state index in [0.29, 0.717) is 11.1 Å². The lowest BCUT2D eigenvalue weighted by molar-refractivity contribution is -0.117. The fourth-order valence-electron chi connectivity index (χ4n) is 1.51. The molecule has 1 aromatic heterocycles. The molecule has 0 atom stereocenters. The molecule has 0 spiro atoms. The molecule has 0 saturated heterocycles. The first-order valence-corrected chi connectivity index (χ1v) is 5.63. The first kappa shape index (κ1) is 12.5. The van der Waals surface area contributed by atoms with Crippen molar-refractivity contribution in [2.24, 2.45) is 5.73 Å². The number of hydrogen-bond acceptors (Lipinski definition) is 4. The molecule has 2 amide bonds. The van der Waals surface area contributed by atoms with Crippen LogP contribution in [0.5, 0.6) is 0 Å². The van der Waals surface area contributed by atoms with Crippen molar-refractivity contribution in [1.82, 2.24) is 5.32 Å². The van der Waals surface area contributed by atoms with Crippen LogP contribution in [0, 0.1) is 6.92 Å². The smallest absolute Gasteiger partial charge is 0.254 e. The van der Waals surface area contributed by atoms with Gasteiger partial charge in [-0.15, -0.1) is 11.3 Å². The number of rotatable bonds is 4. The summed E-state index contributed by atoms with van der Waals surface area (Å²) in [4.78, 5) is 23.6. The van der Waals surface area contributed by atoms with E-state index in [9.17, 15) is 9.59 Å². The monoisotopic (exact) mass is 241 g/mol. The molecule has 0 aliphatic heterocycles. The highest BCUT2D eigenvalue weighted by molar-refractivity contribution is 7.16. The van der Waals surface area contributed by atoms with E-state index in [1.54, 1.807) is 14.1 Å². The van der Waals surface area contributed by atoms with Gasteiger partial charge in [0.25, 0.3) is 5.91 Å². The Morgan fingerprint density at radius 2 is 2.00 bits per heavy atom. The zero-order valence-corrected chi connectivity index (χ0v) is 10.3. The molecule has 1 aromatic rings. The summed E-state index contributed by atoms with van der Waals surface area (Å²) in [6, 6.07) is 0. The molecule has 1 heterocycles. The van der Waals surface area contributed by atoms with Gasteiger partial charge in [0, 0.05) is 19.0 Å². The molecule has 6 heteroatoms. The first-order chi connectivity index (χ1) is 7.51. The number of carbonyl (C=O) groups excluding carboxylic acids is 2. The van der Waals surface area contributed by atoms with E-state index in [1.165, 1.54) is 11.3 Å². The highest BCUT2D eigenvalue weighted by Crippen LogP contribution is 2.32. The second kappa shape index (κ2) is 4.98. The molecule has 16 heavy (non-hydrogen) atoms. The molecule has 5 nitrogen and oxygen atoms in total. The number of primary amides is 1. The molecule has 88 valence electrons. The van der Waals surface area contributed by atoms with Gasteiger partial charge in [-0.2, -0.15) is 0 Å². The molecule has 0 radical (unpaired) electrons. The third-order valence-corrected chi connectivity index (χ3v) is 3.41. The van der Waals surface area contributed by atoms with Crippen LogP contribution in [0.2, 0.25) is 0 Å². The largest absolute Gasteiger partial charge is 0.379 e. The number of aryl methyl sites for hydroxylation is 1. The van der Waals surface area contributed by atoms with Crippen LogP contribution in [-0.4, -0.2) is 25.9 Å². The van der Waals surface area contributed by atoms with Crippen molar-refractivity contribution in [2.45, 2.75) is 13.3 Å². The Labute approximate surface area is 98.0 Å². The summed E-state index contributed by atoms with van der Waals surface area (Å²) in [5.41, 5.74) is 6.40. The van der Waals surface area contributed by atoms with Crippen LogP contribution < -0.4 is 16.4 Å². The van der Waals surface area contributed by atoms with Gasteiger partial charge in [0.2, 0.25) is 5.91 Å². The maximum Gasteiger partial charge on any atom is 0.254 e. The van der Waals surface area contributed by atoms with Crippen LogP contribution in [-0.2, 0) is 11.2 Å². The van der Waals surface area contributed by atoms with Gasteiger partial charge < -0.3 is 16.4 Å². The lowest BCUT2D eigenvalue weighted by Gasteiger charge is -2.05.